The number of nitrogens with zero attached hydrogens (tertiary/aromatic N) is 1. The number of aryl methyl sites for hydroxylation is 1. The summed E-state index contributed by atoms with van der Waals surface area (Å²) in [7, 11) is 0. The highest BCUT2D eigenvalue weighted by molar-refractivity contribution is 5.78. The average molecular weight is 354 g/mol. The number of rotatable bonds is 8. The fourth-order valence-corrected chi connectivity index (χ4v) is 3.40. The third-order valence-corrected chi connectivity index (χ3v) is 5.03. The molecule has 1 N–H and O–H groups in total. The van der Waals surface area contributed by atoms with Crippen LogP contribution in [0.4, 0.5) is 0 Å². The third kappa shape index (κ3) is 4.66. The van der Waals surface area contributed by atoms with Crippen molar-refractivity contribution in [2.75, 3.05) is 13.1 Å². The fraction of sp³-hybridized carbons (Fsp3) is 0.435. The summed E-state index contributed by atoms with van der Waals surface area (Å²) in [5, 5.41) is 10.7. The molecular formula is C23H31NO2. The van der Waals surface area contributed by atoms with E-state index in [0.29, 0.717) is 12.2 Å². The minimum Gasteiger partial charge on any atom is -0.507 e. The largest absolute Gasteiger partial charge is 0.507 e. The molecule has 2 aromatic rings. The van der Waals surface area contributed by atoms with Gasteiger partial charge in [0.1, 0.15) is 5.75 Å². The summed E-state index contributed by atoms with van der Waals surface area (Å²) >= 11 is 0. The molecule has 3 heteroatoms. The molecule has 0 spiro atoms. The van der Waals surface area contributed by atoms with Gasteiger partial charge < -0.3 is 10.0 Å². The Morgan fingerprint density at radius 3 is 2.19 bits per heavy atom. The molecule has 0 bridgehead atoms. The number of amides is 1. The maximum atomic E-state index is 13.0. The standard InChI is InChI=1S/C23H31NO2/c1-5-14-24(15-6-2)22(25)16-21(19-10-8-7-9-11-19)20-13-12-17(3)18(4)23(20)26/h7-13,21,26H,5-6,14-16H2,1-4H3/t21-/m0/s1. The molecule has 0 aliphatic rings. The van der Waals surface area contributed by atoms with Crippen LogP contribution in [0.2, 0.25) is 0 Å². The van der Waals surface area contributed by atoms with Crippen molar-refractivity contribution < 1.29 is 9.90 Å². The van der Waals surface area contributed by atoms with Crippen LogP contribution in [0.1, 0.15) is 61.3 Å². The highest BCUT2D eigenvalue weighted by atomic mass is 16.3. The Hall–Kier alpha value is -2.29. The molecule has 0 unspecified atom stereocenters. The first-order chi connectivity index (χ1) is 12.5. The molecule has 3 nitrogen and oxygen atoms in total. The van der Waals surface area contributed by atoms with Crippen molar-refractivity contribution in [2.24, 2.45) is 0 Å². The summed E-state index contributed by atoms with van der Waals surface area (Å²) in [4.78, 5) is 14.9. The van der Waals surface area contributed by atoms with E-state index < -0.39 is 0 Å². The summed E-state index contributed by atoms with van der Waals surface area (Å²) < 4.78 is 0. The predicted molar refractivity (Wildman–Crippen MR) is 108 cm³/mol. The average Bonchev–Trinajstić information content (AvgIpc) is 2.65. The summed E-state index contributed by atoms with van der Waals surface area (Å²) in [5.41, 5.74) is 3.84. The Kier molecular flexibility index (Phi) is 7.26. The third-order valence-electron chi connectivity index (χ3n) is 5.03. The number of hydrogen-bond acceptors (Lipinski definition) is 2. The molecule has 1 atom stereocenters. The molecule has 0 fully saturated rings. The van der Waals surface area contributed by atoms with E-state index in [1.165, 1.54) is 0 Å². The van der Waals surface area contributed by atoms with Gasteiger partial charge in [-0.15, -0.1) is 0 Å². The lowest BCUT2D eigenvalue weighted by Gasteiger charge is -2.26. The SMILES string of the molecule is CCCN(CCC)C(=O)C[C@@H](c1ccccc1)c1ccc(C)c(C)c1O. The Balaban J connectivity index is 2.40. The molecule has 140 valence electrons. The normalized spacial score (nSPS) is 12.0. The van der Waals surface area contributed by atoms with E-state index in [1.807, 2.05) is 61.2 Å². The Morgan fingerprint density at radius 2 is 1.62 bits per heavy atom. The van der Waals surface area contributed by atoms with Crippen molar-refractivity contribution in [1.82, 2.24) is 4.90 Å². The molecule has 2 aromatic carbocycles. The molecule has 0 radical (unpaired) electrons. The van der Waals surface area contributed by atoms with Crippen LogP contribution in [0.15, 0.2) is 42.5 Å². The number of carbonyl (C=O) groups is 1. The predicted octanol–water partition coefficient (Wildman–Crippen LogP) is 5.18. The van der Waals surface area contributed by atoms with Gasteiger partial charge in [0.25, 0.3) is 0 Å². The molecule has 0 aliphatic heterocycles. The molecule has 2 rings (SSSR count). The van der Waals surface area contributed by atoms with Gasteiger partial charge in [0, 0.05) is 31.0 Å². The molecule has 0 aliphatic carbocycles. The molecular weight excluding hydrogens is 322 g/mol. The molecule has 1 amide bonds. The van der Waals surface area contributed by atoms with Crippen LogP contribution < -0.4 is 0 Å². The first-order valence-electron chi connectivity index (χ1n) is 9.61. The van der Waals surface area contributed by atoms with Gasteiger partial charge >= 0.3 is 0 Å². The van der Waals surface area contributed by atoms with E-state index in [4.69, 9.17) is 0 Å². The van der Waals surface area contributed by atoms with Crippen LogP contribution >= 0.6 is 0 Å². The van der Waals surface area contributed by atoms with Crippen molar-refractivity contribution in [3.63, 3.8) is 0 Å². The topological polar surface area (TPSA) is 40.5 Å². The fourth-order valence-electron chi connectivity index (χ4n) is 3.40. The van der Waals surface area contributed by atoms with Crippen LogP contribution in [-0.4, -0.2) is 29.0 Å². The second kappa shape index (κ2) is 9.42. The lowest BCUT2D eigenvalue weighted by atomic mass is 9.85. The lowest BCUT2D eigenvalue weighted by molar-refractivity contribution is -0.131. The van der Waals surface area contributed by atoms with Crippen LogP contribution in [0.25, 0.3) is 0 Å². The van der Waals surface area contributed by atoms with Gasteiger partial charge in [-0.2, -0.15) is 0 Å². The van der Waals surface area contributed by atoms with Crippen molar-refractivity contribution in [1.29, 1.82) is 0 Å². The number of phenols is 1. The molecule has 0 saturated heterocycles. The van der Waals surface area contributed by atoms with Gasteiger partial charge in [0.05, 0.1) is 0 Å². The Labute approximate surface area is 157 Å². The van der Waals surface area contributed by atoms with Crippen molar-refractivity contribution in [3.8, 4) is 5.75 Å². The van der Waals surface area contributed by atoms with Gasteiger partial charge in [-0.25, -0.2) is 0 Å². The van der Waals surface area contributed by atoms with Gasteiger partial charge in [-0.3, -0.25) is 4.79 Å². The zero-order valence-corrected chi connectivity index (χ0v) is 16.5. The highest BCUT2D eigenvalue weighted by Crippen LogP contribution is 2.37. The van der Waals surface area contributed by atoms with Crippen molar-refractivity contribution in [2.45, 2.75) is 52.9 Å². The smallest absolute Gasteiger partial charge is 0.223 e. The van der Waals surface area contributed by atoms with Gasteiger partial charge in [-0.05, 0) is 43.4 Å². The zero-order valence-electron chi connectivity index (χ0n) is 16.5. The minimum atomic E-state index is -0.140. The maximum Gasteiger partial charge on any atom is 0.223 e. The van der Waals surface area contributed by atoms with Crippen molar-refractivity contribution >= 4 is 5.91 Å². The number of carbonyl (C=O) groups excluding carboxylic acids is 1. The maximum absolute atomic E-state index is 13.0. The first kappa shape index (κ1) is 20.0. The van der Waals surface area contributed by atoms with Crippen LogP contribution in [-0.2, 0) is 4.79 Å². The number of benzene rings is 2. The van der Waals surface area contributed by atoms with Gasteiger partial charge in [-0.1, -0.05) is 56.3 Å². The second-order valence-corrected chi connectivity index (χ2v) is 6.99. The van der Waals surface area contributed by atoms with Gasteiger partial charge in [0.15, 0.2) is 0 Å². The first-order valence-corrected chi connectivity index (χ1v) is 9.61. The lowest BCUT2D eigenvalue weighted by Crippen LogP contribution is -2.33. The quantitative estimate of drug-likeness (QED) is 0.710. The number of phenolic OH excluding ortho intramolecular Hbond substituents is 1. The van der Waals surface area contributed by atoms with E-state index >= 15 is 0 Å². The van der Waals surface area contributed by atoms with E-state index in [9.17, 15) is 9.90 Å². The van der Waals surface area contributed by atoms with E-state index in [2.05, 4.69) is 13.8 Å². The molecule has 0 saturated carbocycles. The molecule has 0 aromatic heterocycles. The summed E-state index contributed by atoms with van der Waals surface area (Å²) in [5.74, 6) is 0.323. The number of hydrogen-bond donors (Lipinski definition) is 1. The van der Waals surface area contributed by atoms with Crippen LogP contribution in [0.5, 0.6) is 5.75 Å². The van der Waals surface area contributed by atoms with E-state index in [-0.39, 0.29) is 11.8 Å². The number of aromatic hydroxyl groups is 1. The summed E-state index contributed by atoms with van der Waals surface area (Å²) in [6.07, 6.45) is 2.29. The van der Waals surface area contributed by atoms with Crippen molar-refractivity contribution in [3.05, 3.63) is 64.7 Å². The minimum absolute atomic E-state index is 0.140. The van der Waals surface area contributed by atoms with Gasteiger partial charge in [0.2, 0.25) is 5.91 Å². The Bertz CT molecular complexity index is 718. The Morgan fingerprint density at radius 1 is 1.00 bits per heavy atom. The summed E-state index contributed by atoms with van der Waals surface area (Å²) in [6.45, 7) is 9.68. The molecule has 0 heterocycles. The highest BCUT2D eigenvalue weighted by Gasteiger charge is 2.24. The summed E-state index contributed by atoms with van der Waals surface area (Å²) in [6, 6.07) is 14.0. The second-order valence-electron chi connectivity index (χ2n) is 6.99. The van der Waals surface area contributed by atoms with Crippen LogP contribution in [0.3, 0.4) is 0 Å². The van der Waals surface area contributed by atoms with Crippen LogP contribution in [0, 0.1) is 13.8 Å². The molecule has 26 heavy (non-hydrogen) atoms. The van der Waals surface area contributed by atoms with E-state index in [1.54, 1.807) is 0 Å². The zero-order chi connectivity index (χ0) is 19.1. The van der Waals surface area contributed by atoms with E-state index in [0.717, 1.165) is 48.2 Å². The monoisotopic (exact) mass is 353 g/mol.